The fourth-order valence-corrected chi connectivity index (χ4v) is 3.69. The molecule has 0 radical (unpaired) electrons. The Hall–Kier alpha value is 0.270. The zero-order valence-corrected chi connectivity index (χ0v) is 13.7. The smallest absolute Gasteiger partial charge is 0.0218 e. The molecule has 0 aromatic rings. The van der Waals surface area contributed by atoms with Crippen LogP contribution in [0.25, 0.3) is 0 Å². The normalized spacial score (nSPS) is 27.7. The zero-order chi connectivity index (χ0) is 13.5. The molecule has 1 rings (SSSR count). The Morgan fingerprint density at radius 3 is 2.61 bits per heavy atom. The van der Waals surface area contributed by atoms with Crippen molar-refractivity contribution >= 4 is 11.8 Å². The number of thioether (sulfide) groups is 1. The molecular formula is C15H32N2S. The fraction of sp³-hybridized carbons (Fsp3) is 1.00. The van der Waals surface area contributed by atoms with Gasteiger partial charge in [0.15, 0.2) is 0 Å². The molecule has 0 amide bonds. The predicted octanol–water partition coefficient (Wildman–Crippen LogP) is 3.08. The number of hydrogen-bond acceptors (Lipinski definition) is 3. The van der Waals surface area contributed by atoms with Crippen LogP contribution >= 0.6 is 11.8 Å². The first kappa shape index (κ1) is 16.3. The summed E-state index contributed by atoms with van der Waals surface area (Å²) < 4.78 is 0. The van der Waals surface area contributed by atoms with Crippen LogP contribution in [0.5, 0.6) is 0 Å². The van der Waals surface area contributed by atoms with Crippen molar-refractivity contribution in [3.8, 4) is 0 Å². The Bertz CT molecular complexity index is 221. The average Bonchev–Trinajstić information content (AvgIpc) is 2.28. The van der Waals surface area contributed by atoms with Gasteiger partial charge in [-0.3, -0.25) is 4.90 Å². The van der Waals surface area contributed by atoms with Gasteiger partial charge in [-0.15, -0.1) is 0 Å². The molecule has 0 aliphatic carbocycles. The monoisotopic (exact) mass is 272 g/mol. The molecule has 3 atom stereocenters. The highest BCUT2D eigenvalue weighted by atomic mass is 32.2. The molecule has 0 aromatic heterocycles. The molecule has 3 heteroatoms. The fourth-order valence-electron chi connectivity index (χ4n) is 3.02. The van der Waals surface area contributed by atoms with Crippen molar-refractivity contribution in [3.05, 3.63) is 0 Å². The Kier molecular flexibility index (Phi) is 7.66. The Labute approximate surface area is 118 Å². The van der Waals surface area contributed by atoms with Crippen LogP contribution in [0, 0.1) is 11.8 Å². The first-order valence-corrected chi connectivity index (χ1v) is 8.92. The summed E-state index contributed by atoms with van der Waals surface area (Å²) in [6, 6.07) is 1.45. The second kappa shape index (κ2) is 8.44. The minimum Gasteiger partial charge on any atom is -0.311 e. The SMILES string of the molecule is CCC1CNC(CC(C)C)CN1CC(C)CSC. The van der Waals surface area contributed by atoms with Crippen LogP contribution in [0.4, 0.5) is 0 Å². The van der Waals surface area contributed by atoms with Crippen LogP contribution in [0.3, 0.4) is 0 Å². The third kappa shape index (κ3) is 5.50. The molecule has 1 saturated heterocycles. The van der Waals surface area contributed by atoms with Crippen molar-refractivity contribution in [1.29, 1.82) is 0 Å². The summed E-state index contributed by atoms with van der Waals surface area (Å²) in [7, 11) is 0. The quantitative estimate of drug-likeness (QED) is 0.767. The maximum atomic E-state index is 3.74. The first-order valence-electron chi connectivity index (χ1n) is 7.53. The van der Waals surface area contributed by atoms with Crippen molar-refractivity contribution in [2.75, 3.05) is 31.6 Å². The van der Waals surface area contributed by atoms with E-state index in [-0.39, 0.29) is 0 Å². The molecule has 0 aromatic carbocycles. The van der Waals surface area contributed by atoms with Crippen LogP contribution in [0.15, 0.2) is 0 Å². The number of nitrogens with one attached hydrogen (secondary N) is 1. The van der Waals surface area contributed by atoms with E-state index in [2.05, 4.69) is 44.2 Å². The van der Waals surface area contributed by atoms with E-state index in [1.807, 2.05) is 11.8 Å². The molecule has 1 aliphatic rings. The molecule has 0 bridgehead atoms. The van der Waals surface area contributed by atoms with E-state index in [4.69, 9.17) is 0 Å². The van der Waals surface area contributed by atoms with Gasteiger partial charge in [-0.25, -0.2) is 0 Å². The van der Waals surface area contributed by atoms with E-state index in [9.17, 15) is 0 Å². The van der Waals surface area contributed by atoms with Gasteiger partial charge in [0, 0.05) is 31.7 Å². The van der Waals surface area contributed by atoms with E-state index in [0.29, 0.717) is 6.04 Å². The maximum absolute atomic E-state index is 3.74. The minimum absolute atomic E-state index is 0.703. The molecule has 1 N–H and O–H groups in total. The number of nitrogens with zero attached hydrogens (tertiary/aromatic N) is 1. The lowest BCUT2D eigenvalue weighted by molar-refractivity contribution is 0.106. The first-order chi connectivity index (χ1) is 8.56. The standard InChI is InChI=1S/C15H32N2S/c1-6-15-8-16-14(7-12(2)3)10-17(15)9-13(4)11-18-5/h12-16H,6-11H2,1-5H3. The summed E-state index contributed by atoms with van der Waals surface area (Å²) >= 11 is 1.98. The summed E-state index contributed by atoms with van der Waals surface area (Å²) in [4.78, 5) is 2.74. The van der Waals surface area contributed by atoms with Gasteiger partial charge in [-0.1, -0.05) is 27.7 Å². The highest BCUT2D eigenvalue weighted by Crippen LogP contribution is 2.17. The van der Waals surface area contributed by atoms with E-state index in [1.54, 1.807) is 0 Å². The highest BCUT2D eigenvalue weighted by Gasteiger charge is 2.27. The maximum Gasteiger partial charge on any atom is 0.0218 e. The second-order valence-corrected chi connectivity index (χ2v) is 7.22. The number of hydrogen-bond donors (Lipinski definition) is 1. The van der Waals surface area contributed by atoms with Gasteiger partial charge in [-0.05, 0) is 36.7 Å². The Morgan fingerprint density at radius 2 is 2.06 bits per heavy atom. The molecule has 0 saturated carbocycles. The van der Waals surface area contributed by atoms with Crippen molar-refractivity contribution in [2.24, 2.45) is 11.8 Å². The third-order valence-corrected chi connectivity index (χ3v) is 4.74. The minimum atomic E-state index is 0.703. The van der Waals surface area contributed by atoms with Crippen molar-refractivity contribution < 1.29 is 0 Å². The summed E-state index contributed by atoms with van der Waals surface area (Å²) in [6.45, 7) is 13.1. The van der Waals surface area contributed by atoms with E-state index in [1.165, 1.54) is 38.2 Å². The summed E-state index contributed by atoms with van der Waals surface area (Å²) in [6.07, 6.45) is 4.80. The van der Waals surface area contributed by atoms with Gasteiger partial charge >= 0.3 is 0 Å². The second-order valence-electron chi connectivity index (χ2n) is 6.31. The Balaban J connectivity index is 2.48. The van der Waals surface area contributed by atoms with Gasteiger partial charge in [0.1, 0.15) is 0 Å². The topological polar surface area (TPSA) is 15.3 Å². The highest BCUT2D eigenvalue weighted by molar-refractivity contribution is 7.98. The summed E-state index contributed by atoms with van der Waals surface area (Å²) in [5, 5.41) is 3.74. The van der Waals surface area contributed by atoms with Crippen LogP contribution in [-0.2, 0) is 0 Å². The van der Waals surface area contributed by atoms with Crippen LogP contribution < -0.4 is 5.32 Å². The van der Waals surface area contributed by atoms with Gasteiger partial charge < -0.3 is 5.32 Å². The number of rotatable bonds is 7. The molecule has 1 heterocycles. The third-order valence-electron chi connectivity index (χ3n) is 3.84. The summed E-state index contributed by atoms with van der Waals surface area (Å²) in [5.74, 6) is 2.90. The molecule has 108 valence electrons. The van der Waals surface area contributed by atoms with Crippen LogP contribution in [0.1, 0.15) is 40.5 Å². The summed E-state index contributed by atoms with van der Waals surface area (Å²) in [5.41, 5.74) is 0. The van der Waals surface area contributed by atoms with E-state index < -0.39 is 0 Å². The van der Waals surface area contributed by atoms with Gasteiger partial charge in [-0.2, -0.15) is 11.8 Å². The lowest BCUT2D eigenvalue weighted by Crippen LogP contribution is -2.57. The van der Waals surface area contributed by atoms with Crippen molar-refractivity contribution in [2.45, 2.75) is 52.6 Å². The van der Waals surface area contributed by atoms with Gasteiger partial charge in [0.25, 0.3) is 0 Å². The largest absolute Gasteiger partial charge is 0.311 e. The van der Waals surface area contributed by atoms with Crippen LogP contribution in [-0.4, -0.2) is 48.6 Å². The molecule has 1 aliphatic heterocycles. The lowest BCUT2D eigenvalue weighted by Gasteiger charge is -2.41. The van der Waals surface area contributed by atoms with Crippen molar-refractivity contribution in [1.82, 2.24) is 10.2 Å². The predicted molar refractivity (Wildman–Crippen MR) is 84.4 cm³/mol. The van der Waals surface area contributed by atoms with E-state index >= 15 is 0 Å². The zero-order valence-electron chi connectivity index (χ0n) is 12.9. The van der Waals surface area contributed by atoms with Crippen molar-refractivity contribution in [3.63, 3.8) is 0 Å². The molecule has 18 heavy (non-hydrogen) atoms. The average molecular weight is 273 g/mol. The van der Waals surface area contributed by atoms with Crippen LogP contribution in [0.2, 0.25) is 0 Å². The van der Waals surface area contributed by atoms with Gasteiger partial charge in [0.2, 0.25) is 0 Å². The number of piperazine rings is 1. The molecule has 2 nitrogen and oxygen atoms in total. The molecule has 3 unspecified atom stereocenters. The van der Waals surface area contributed by atoms with Gasteiger partial charge in [0.05, 0.1) is 0 Å². The molecule has 1 fully saturated rings. The molecular weight excluding hydrogens is 240 g/mol. The lowest BCUT2D eigenvalue weighted by atomic mass is 9.98. The molecule has 0 spiro atoms. The van der Waals surface area contributed by atoms with E-state index in [0.717, 1.165) is 17.9 Å². The Morgan fingerprint density at radius 1 is 1.33 bits per heavy atom.